The first-order valence-corrected chi connectivity index (χ1v) is 14.0. The van der Waals surface area contributed by atoms with Gasteiger partial charge in [-0.25, -0.2) is 9.18 Å². The molecule has 0 radical (unpaired) electrons. The first kappa shape index (κ1) is 29.7. The predicted molar refractivity (Wildman–Crippen MR) is 159 cm³/mol. The molecule has 2 aromatic heterocycles. The molecule has 4 aromatic rings. The molecule has 5 rings (SSSR count). The van der Waals surface area contributed by atoms with Crippen molar-refractivity contribution >= 4 is 40.9 Å². The third-order valence-electron chi connectivity index (χ3n) is 7.38. The highest BCUT2D eigenvalue weighted by Gasteiger charge is 2.26. The quantitative estimate of drug-likeness (QED) is 0.230. The van der Waals surface area contributed by atoms with Gasteiger partial charge < -0.3 is 19.9 Å². The van der Waals surface area contributed by atoms with Crippen molar-refractivity contribution in [2.24, 2.45) is 5.92 Å². The zero-order chi connectivity index (χ0) is 30.7. The van der Waals surface area contributed by atoms with Gasteiger partial charge in [0.25, 0.3) is 5.91 Å². The van der Waals surface area contributed by atoms with Gasteiger partial charge in [-0.15, -0.1) is 0 Å². The highest BCUT2D eigenvalue weighted by molar-refractivity contribution is 6.31. The van der Waals surface area contributed by atoms with Crippen LogP contribution in [0.3, 0.4) is 0 Å². The van der Waals surface area contributed by atoms with Crippen molar-refractivity contribution < 1.29 is 28.0 Å². The molecular formula is C31H29ClFN5O5. The van der Waals surface area contributed by atoms with Crippen LogP contribution in [0.2, 0.25) is 5.02 Å². The van der Waals surface area contributed by atoms with E-state index >= 15 is 0 Å². The molecule has 1 aliphatic rings. The number of nitrogens with one attached hydrogen (secondary N) is 3. The van der Waals surface area contributed by atoms with Crippen LogP contribution in [-0.4, -0.2) is 35.2 Å². The van der Waals surface area contributed by atoms with Gasteiger partial charge in [-0.3, -0.25) is 19.9 Å². The molecule has 3 heterocycles. The lowest BCUT2D eigenvalue weighted by Crippen LogP contribution is -2.30. The van der Waals surface area contributed by atoms with Crippen molar-refractivity contribution in [2.75, 3.05) is 17.7 Å². The van der Waals surface area contributed by atoms with Gasteiger partial charge in [-0.1, -0.05) is 42.2 Å². The Labute approximate surface area is 252 Å². The van der Waals surface area contributed by atoms with E-state index in [2.05, 4.69) is 30.8 Å². The molecule has 12 heteroatoms. The van der Waals surface area contributed by atoms with E-state index < -0.39 is 23.9 Å². The van der Waals surface area contributed by atoms with Crippen LogP contribution in [0.25, 0.3) is 22.5 Å². The number of pyridine rings is 1. The number of anilines is 2. The van der Waals surface area contributed by atoms with Crippen molar-refractivity contribution in [3.8, 4) is 22.5 Å². The van der Waals surface area contributed by atoms with Crippen LogP contribution >= 0.6 is 11.6 Å². The van der Waals surface area contributed by atoms with Crippen LogP contribution < -0.4 is 16.0 Å². The number of benzene rings is 2. The second kappa shape index (κ2) is 12.6. The first-order valence-electron chi connectivity index (χ1n) is 13.6. The maximum absolute atomic E-state index is 14.7. The Morgan fingerprint density at radius 1 is 1.14 bits per heavy atom. The number of fused-ring (bicyclic) bond motifs is 4. The summed E-state index contributed by atoms with van der Waals surface area (Å²) in [5.74, 6) is -1.57. The largest absolute Gasteiger partial charge is 0.453 e. The maximum atomic E-state index is 14.7. The molecule has 0 saturated heterocycles. The van der Waals surface area contributed by atoms with Gasteiger partial charge in [-0.2, -0.15) is 0 Å². The summed E-state index contributed by atoms with van der Waals surface area (Å²) in [5, 5.41) is 12.5. The topological polar surface area (TPSA) is 135 Å². The Kier molecular flexibility index (Phi) is 8.72. The Balaban J connectivity index is 1.48. The average Bonchev–Trinajstić information content (AvgIpc) is 3.38. The number of amides is 3. The van der Waals surface area contributed by atoms with Gasteiger partial charge in [0.15, 0.2) is 17.3 Å². The third kappa shape index (κ3) is 6.36. The number of carbonyl (C=O) groups excluding carboxylic acids is 3. The van der Waals surface area contributed by atoms with E-state index in [9.17, 15) is 18.8 Å². The van der Waals surface area contributed by atoms with Crippen LogP contribution in [0.5, 0.6) is 0 Å². The van der Waals surface area contributed by atoms with Crippen molar-refractivity contribution in [2.45, 2.75) is 39.2 Å². The van der Waals surface area contributed by atoms with Gasteiger partial charge in [0, 0.05) is 28.9 Å². The molecule has 1 aliphatic heterocycles. The molecule has 0 unspecified atom stereocenters. The minimum Gasteiger partial charge on any atom is -0.453 e. The van der Waals surface area contributed by atoms with E-state index in [1.54, 1.807) is 43.5 Å². The fraction of sp³-hybridized carbons (Fsp3) is 0.258. The molecule has 2 bridgehead atoms. The van der Waals surface area contributed by atoms with Crippen LogP contribution in [-0.2, 0) is 9.53 Å². The van der Waals surface area contributed by atoms with E-state index in [0.29, 0.717) is 47.5 Å². The summed E-state index contributed by atoms with van der Waals surface area (Å²) in [6.45, 7) is 3.46. The van der Waals surface area contributed by atoms with Crippen molar-refractivity contribution in [3.63, 3.8) is 0 Å². The standard InChI is InChI=1S/C31H29ClFN5O5/c1-16-6-4-9-23(36-30(40)27-17(2)28(43-38-27)21-7-5-8-22(32)26(21)33)25-14-18(12-13-34-25)20-11-10-19(35-31(41)42-3)15-24(20)37-29(16)39/h5,7-8,10-16,23H,4,6,9H2,1-3H3,(H,35,41)(H,36,40)(H,37,39)/t16-,23+/m1/s1. The summed E-state index contributed by atoms with van der Waals surface area (Å²) in [6.07, 6.45) is 2.66. The number of ether oxygens (including phenoxy) is 1. The molecule has 2 aromatic carbocycles. The summed E-state index contributed by atoms with van der Waals surface area (Å²) in [5.41, 5.74) is 3.49. The summed E-state index contributed by atoms with van der Waals surface area (Å²) in [7, 11) is 1.27. The molecule has 2 atom stereocenters. The number of methoxy groups -OCH3 is 1. The molecule has 3 amide bonds. The molecule has 43 heavy (non-hydrogen) atoms. The minimum absolute atomic E-state index is 0.0142. The number of hydrogen-bond donors (Lipinski definition) is 3. The smallest absolute Gasteiger partial charge is 0.411 e. The normalized spacial score (nSPS) is 16.6. The number of nitrogens with zero attached hydrogens (tertiary/aromatic N) is 2. The van der Waals surface area contributed by atoms with Gasteiger partial charge in [0.05, 0.1) is 35.1 Å². The molecular weight excluding hydrogens is 577 g/mol. The Bertz CT molecular complexity index is 1710. The van der Waals surface area contributed by atoms with Crippen molar-refractivity contribution in [1.82, 2.24) is 15.5 Å². The molecule has 0 saturated carbocycles. The Morgan fingerprint density at radius 3 is 2.74 bits per heavy atom. The summed E-state index contributed by atoms with van der Waals surface area (Å²) < 4.78 is 24.7. The van der Waals surface area contributed by atoms with E-state index in [4.69, 9.17) is 16.1 Å². The third-order valence-corrected chi connectivity index (χ3v) is 7.67. The summed E-state index contributed by atoms with van der Waals surface area (Å²) >= 11 is 5.94. The lowest BCUT2D eigenvalue weighted by Gasteiger charge is -2.22. The number of aromatic nitrogens is 2. The number of halogens is 2. The fourth-order valence-electron chi connectivity index (χ4n) is 4.97. The maximum Gasteiger partial charge on any atom is 0.411 e. The zero-order valence-electron chi connectivity index (χ0n) is 23.7. The molecule has 3 N–H and O–H groups in total. The molecule has 222 valence electrons. The highest BCUT2D eigenvalue weighted by atomic mass is 35.5. The number of carbonyl (C=O) groups is 3. The lowest BCUT2D eigenvalue weighted by atomic mass is 9.95. The second-order valence-corrected chi connectivity index (χ2v) is 10.7. The molecule has 0 fully saturated rings. The van der Waals surface area contributed by atoms with E-state index in [1.165, 1.54) is 19.2 Å². The van der Waals surface area contributed by atoms with Gasteiger partial charge in [0.2, 0.25) is 5.91 Å². The Hall–Kier alpha value is -4.77. The molecule has 0 spiro atoms. The van der Waals surface area contributed by atoms with Gasteiger partial charge in [-0.05, 0) is 61.7 Å². The fourth-order valence-corrected chi connectivity index (χ4v) is 5.14. The summed E-state index contributed by atoms with van der Waals surface area (Å²) in [6, 6.07) is 12.8. The van der Waals surface area contributed by atoms with Crippen LogP contribution in [0.1, 0.15) is 54.0 Å². The Morgan fingerprint density at radius 2 is 1.95 bits per heavy atom. The van der Waals surface area contributed by atoms with Crippen LogP contribution in [0.4, 0.5) is 20.6 Å². The molecule has 0 aliphatic carbocycles. The van der Waals surface area contributed by atoms with Crippen LogP contribution in [0, 0.1) is 18.7 Å². The van der Waals surface area contributed by atoms with Gasteiger partial charge >= 0.3 is 6.09 Å². The first-order chi connectivity index (χ1) is 20.7. The van der Waals surface area contributed by atoms with Crippen molar-refractivity contribution in [1.29, 1.82) is 0 Å². The minimum atomic E-state index is -0.664. The average molecular weight is 606 g/mol. The molecule has 10 nitrogen and oxygen atoms in total. The zero-order valence-corrected chi connectivity index (χ0v) is 24.4. The SMILES string of the molecule is COC(=O)Nc1ccc2c(c1)NC(=O)[C@H](C)CCC[C@H](NC(=O)c1noc(-c3cccc(Cl)c3F)c1C)c1cc-2ccn1. The summed E-state index contributed by atoms with van der Waals surface area (Å²) in [4.78, 5) is 42.9. The lowest BCUT2D eigenvalue weighted by molar-refractivity contribution is -0.119. The predicted octanol–water partition coefficient (Wildman–Crippen LogP) is 6.91. The van der Waals surface area contributed by atoms with E-state index in [0.717, 1.165) is 5.56 Å². The van der Waals surface area contributed by atoms with Gasteiger partial charge in [0.1, 0.15) is 0 Å². The number of hydrogen-bond acceptors (Lipinski definition) is 7. The van der Waals surface area contributed by atoms with E-state index in [1.807, 2.05) is 13.0 Å². The highest BCUT2D eigenvalue weighted by Crippen LogP contribution is 2.35. The van der Waals surface area contributed by atoms with E-state index in [-0.39, 0.29) is 33.9 Å². The monoisotopic (exact) mass is 605 g/mol. The number of rotatable bonds is 4. The van der Waals surface area contributed by atoms with Crippen molar-refractivity contribution in [3.05, 3.63) is 82.5 Å². The second-order valence-electron chi connectivity index (χ2n) is 10.3. The van der Waals surface area contributed by atoms with Crippen LogP contribution in [0.15, 0.2) is 59.3 Å².